The molecule has 0 bridgehead atoms. The molecule has 0 aromatic heterocycles. The van der Waals surface area contributed by atoms with E-state index in [1.165, 1.54) is 22.3 Å². The Morgan fingerprint density at radius 3 is 2.81 bits per heavy atom. The number of hydrogen-bond acceptors (Lipinski definition) is 3. The lowest BCUT2D eigenvalue weighted by molar-refractivity contribution is -0.130. The summed E-state index contributed by atoms with van der Waals surface area (Å²) >= 11 is 0. The van der Waals surface area contributed by atoms with Crippen molar-refractivity contribution in [2.75, 3.05) is 33.2 Å². The summed E-state index contributed by atoms with van der Waals surface area (Å²) in [6.45, 7) is 4.46. The van der Waals surface area contributed by atoms with Gasteiger partial charge in [-0.1, -0.05) is 48.5 Å². The molecule has 2 aliphatic heterocycles. The maximum atomic E-state index is 13.0. The third kappa shape index (κ3) is 3.97. The largest absolute Gasteiger partial charge is 0.330 e. The van der Waals surface area contributed by atoms with Crippen molar-refractivity contribution >= 4 is 12.0 Å². The SMILES string of the molecule is CN1CCN(C(=O)/C=C/c2cccc3c2CCNC3)C(c2ccccc2)C1. The summed E-state index contributed by atoms with van der Waals surface area (Å²) in [7, 11) is 2.12. The van der Waals surface area contributed by atoms with E-state index in [0.717, 1.165) is 39.1 Å². The number of fused-ring (bicyclic) bond motifs is 1. The second kappa shape index (κ2) is 8.07. The van der Waals surface area contributed by atoms with Gasteiger partial charge in [-0.15, -0.1) is 0 Å². The average Bonchev–Trinajstić information content (AvgIpc) is 2.72. The van der Waals surface area contributed by atoms with E-state index in [9.17, 15) is 4.79 Å². The van der Waals surface area contributed by atoms with E-state index in [-0.39, 0.29) is 11.9 Å². The van der Waals surface area contributed by atoms with Crippen molar-refractivity contribution in [1.82, 2.24) is 15.1 Å². The standard InChI is InChI=1S/C23H27N3O/c1-25-14-15-26(22(17-25)19-6-3-2-4-7-19)23(27)11-10-18-8-5-9-20-16-24-13-12-21(18)20/h2-11,22,24H,12-17H2,1H3/b11-10+. The monoisotopic (exact) mass is 361 g/mol. The number of amides is 1. The van der Waals surface area contributed by atoms with Gasteiger partial charge in [0.05, 0.1) is 6.04 Å². The molecule has 2 aliphatic rings. The highest BCUT2D eigenvalue weighted by Gasteiger charge is 2.29. The molecular weight excluding hydrogens is 334 g/mol. The first-order valence-electron chi connectivity index (χ1n) is 9.76. The van der Waals surface area contributed by atoms with Gasteiger partial charge in [0.25, 0.3) is 0 Å². The van der Waals surface area contributed by atoms with Gasteiger partial charge in [0.15, 0.2) is 0 Å². The molecular formula is C23H27N3O. The van der Waals surface area contributed by atoms with Crippen LogP contribution < -0.4 is 5.32 Å². The minimum absolute atomic E-state index is 0.100. The summed E-state index contributed by atoms with van der Waals surface area (Å²) in [5.74, 6) is 0.100. The van der Waals surface area contributed by atoms with Gasteiger partial charge in [0.1, 0.15) is 0 Å². The van der Waals surface area contributed by atoms with Crippen LogP contribution in [0.1, 0.15) is 28.3 Å². The van der Waals surface area contributed by atoms with E-state index in [0.29, 0.717) is 0 Å². The number of piperazine rings is 1. The zero-order valence-electron chi connectivity index (χ0n) is 15.9. The van der Waals surface area contributed by atoms with Crippen molar-refractivity contribution in [3.05, 3.63) is 76.9 Å². The highest BCUT2D eigenvalue weighted by Crippen LogP contribution is 2.26. The van der Waals surface area contributed by atoms with Crippen LogP contribution in [0.25, 0.3) is 6.08 Å². The highest BCUT2D eigenvalue weighted by molar-refractivity contribution is 5.92. The number of hydrogen-bond donors (Lipinski definition) is 1. The molecule has 1 N–H and O–H groups in total. The quantitative estimate of drug-likeness (QED) is 0.854. The molecule has 1 saturated heterocycles. The zero-order valence-corrected chi connectivity index (χ0v) is 15.9. The lowest BCUT2D eigenvalue weighted by Crippen LogP contribution is -2.48. The van der Waals surface area contributed by atoms with Crippen LogP contribution in [0, 0.1) is 0 Å². The number of nitrogens with zero attached hydrogens (tertiary/aromatic N) is 2. The Morgan fingerprint density at radius 2 is 1.96 bits per heavy atom. The second-order valence-electron chi connectivity index (χ2n) is 7.47. The Labute approximate surface area is 161 Å². The summed E-state index contributed by atoms with van der Waals surface area (Å²) in [5.41, 5.74) is 5.09. The molecule has 2 aromatic carbocycles. The van der Waals surface area contributed by atoms with Gasteiger partial charge < -0.3 is 15.1 Å². The fourth-order valence-electron chi connectivity index (χ4n) is 4.12. The molecule has 4 nitrogen and oxygen atoms in total. The van der Waals surface area contributed by atoms with Gasteiger partial charge in [-0.05, 0) is 48.3 Å². The molecule has 1 atom stereocenters. The Morgan fingerprint density at radius 1 is 1.11 bits per heavy atom. The minimum atomic E-state index is 0.100. The fraction of sp³-hybridized carbons (Fsp3) is 0.348. The summed E-state index contributed by atoms with van der Waals surface area (Å²) < 4.78 is 0. The fourth-order valence-corrected chi connectivity index (χ4v) is 4.12. The van der Waals surface area contributed by atoms with Crippen molar-refractivity contribution in [3.63, 3.8) is 0 Å². The van der Waals surface area contributed by atoms with Crippen molar-refractivity contribution in [1.29, 1.82) is 0 Å². The van der Waals surface area contributed by atoms with Gasteiger partial charge >= 0.3 is 0 Å². The van der Waals surface area contributed by atoms with E-state index in [4.69, 9.17) is 0 Å². The molecule has 4 rings (SSSR count). The van der Waals surface area contributed by atoms with Gasteiger partial charge in [0, 0.05) is 32.3 Å². The maximum Gasteiger partial charge on any atom is 0.247 e. The lowest BCUT2D eigenvalue weighted by Gasteiger charge is -2.40. The number of nitrogens with one attached hydrogen (secondary N) is 1. The van der Waals surface area contributed by atoms with Crippen molar-refractivity contribution in [2.24, 2.45) is 0 Å². The Balaban J connectivity index is 1.55. The van der Waals surface area contributed by atoms with Crippen LogP contribution >= 0.6 is 0 Å². The molecule has 27 heavy (non-hydrogen) atoms. The summed E-state index contributed by atoms with van der Waals surface area (Å²) in [5, 5.41) is 3.41. The molecule has 0 saturated carbocycles. The lowest BCUT2D eigenvalue weighted by atomic mass is 9.95. The molecule has 1 unspecified atom stereocenters. The topological polar surface area (TPSA) is 35.6 Å². The molecule has 0 spiro atoms. The van der Waals surface area contributed by atoms with E-state index in [2.05, 4.69) is 47.6 Å². The van der Waals surface area contributed by atoms with E-state index in [1.807, 2.05) is 29.2 Å². The number of rotatable bonds is 3. The predicted molar refractivity (Wildman–Crippen MR) is 109 cm³/mol. The van der Waals surface area contributed by atoms with Crippen molar-refractivity contribution in [2.45, 2.75) is 19.0 Å². The first kappa shape index (κ1) is 18.0. The van der Waals surface area contributed by atoms with E-state index in [1.54, 1.807) is 6.08 Å². The van der Waals surface area contributed by atoms with Crippen LogP contribution in [0.4, 0.5) is 0 Å². The molecule has 2 heterocycles. The summed E-state index contributed by atoms with van der Waals surface area (Å²) in [6.07, 6.45) is 4.79. The van der Waals surface area contributed by atoms with Crippen LogP contribution in [0.3, 0.4) is 0 Å². The molecule has 4 heteroatoms. The molecule has 140 valence electrons. The van der Waals surface area contributed by atoms with Crippen LogP contribution in [-0.2, 0) is 17.8 Å². The Kier molecular flexibility index (Phi) is 5.37. The Hall–Kier alpha value is -2.43. The zero-order chi connectivity index (χ0) is 18.6. The summed E-state index contributed by atoms with van der Waals surface area (Å²) in [6, 6.07) is 16.8. The average molecular weight is 361 g/mol. The van der Waals surface area contributed by atoms with Crippen molar-refractivity contribution < 1.29 is 4.79 Å². The molecule has 0 aliphatic carbocycles. The number of benzene rings is 2. The van der Waals surface area contributed by atoms with Crippen LogP contribution in [-0.4, -0.2) is 48.9 Å². The normalized spacial score (nSPS) is 20.6. The van der Waals surface area contributed by atoms with Crippen LogP contribution in [0.15, 0.2) is 54.6 Å². The number of carbonyl (C=O) groups is 1. The van der Waals surface area contributed by atoms with Gasteiger partial charge in [-0.3, -0.25) is 4.79 Å². The molecule has 0 radical (unpaired) electrons. The smallest absolute Gasteiger partial charge is 0.247 e. The maximum absolute atomic E-state index is 13.0. The number of likely N-dealkylation sites (N-methyl/N-ethyl adjacent to an activating group) is 1. The van der Waals surface area contributed by atoms with Crippen LogP contribution in [0.2, 0.25) is 0 Å². The summed E-state index contributed by atoms with van der Waals surface area (Å²) in [4.78, 5) is 17.4. The first-order chi connectivity index (χ1) is 13.2. The van der Waals surface area contributed by atoms with E-state index < -0.39 is 0 Å². The number of carbonyl (C=O) groups excluding carboxylic acids is 1. The molecule has 1 fully saturated rings. The van der Waals surface area contributed by atoms with E-state index >= 15 is 0 Å². The molecule has 1 amide bonds. The third-order valence-corrected chi connectivity index (χ3v) is 5.63. The van der Waals surface area contributed by atoms with Crippen LogP contribution in [0.5, 0.6) is 0 Å². The Bertz CT molecular complexity index is 831. The second-order valence-corrected chi connectivity index (χ2v) is 7.47. The first-order valence-corrected chi connectivity index (χ1v) is 9.76. The van der Waals surface area contributed by atoms with Gasteiger partial charge in [0.2, 0.25) is 5.91 Å². The van der Waals surface area contributed by atoms with Gasteiger partial charge in [-0.25, -0.2) is 0 Å². The minimum Gasteiger partial charge on any atom is -0.330 e. The molecule has 2 aromatic rings. The van der Waals surface area contributed by atoms with Gasteiger partial charge in [-0.2, -0.15) is 0 Å². The predicted octanol–water partition coefficient (Wildman–Crippen LogP) is 2.86. The third-order valence-electron chi connectivity index (χ3n) is 5.63. The van der Waals surface area contributed by atoms with Crippen molar-refractivity contribution in [3.8, 4) is 0 Å². The highest BCUT2D eigenvalue weighted by atomic mass is 16.2.